The number of benzene rings is 2. The minimum Gasteiger partial charge on any atom is -0.437 e. The molecule has 4 rings (SSSR count). The molecule has 0 bridgehead atoms. The number of methoxy groups -OCH3 is 1. The highest BCUT2D eigenvalue weighted by atomic mass is 35.5. The third-order valence-corrected chi connectivity index (χ3v) is 8.32. The van der Waals surface area contributed by atoms with Gasteiger partial charge in [0.1, 0.15) is 17.0 Å². The number of rotatable bonds is 6. The van der Waals surface area contributed by atoms with Crippen molar-refractivity contribution in [2.75, 3.05) is 12.4 Å². The van der Waals surface area contributed by atoms with Crippen LogP contribution in [0.3, 0.4) is 0 Å². The number of hydrogen-bond acceptors (Lipinski definition) is 7. The van der Waals surface area contributed by atoms with Crippen LogP contribution in [0.4, 0.5) is 18.6 Å². The zero-order valence-electron chi connectivity index (χ0n) is 22.6. The molecule has 41 heavy (non-hydrogen) atoms. The number of amides is 1. The topological polar surface area (TPSA) is 100 Å². The van der Waals surface area contributed by atoms with Crippen molar-refractivity contribution in [1.82, 2.24) is 5.32 Å². The SMILES string of the molecule is COC(=O)Oc1ccc(NC(=O)[C@@H]2N[C@@H](CC(C)(C)C)[C@](C#N)(c3ccc(Cl)cc3F)[C@H]2c2cccc(Cl)c2F)s1. The number of hydrogen-bond donors (Lipinski definition) is 2. The van der Waals surface area contributed by atoms with Crippen LogP contribution in [0.2, 0.25) is 10.0 Å². The molecular formula is C29H27Cl2F2N3O4S. The molecule has 1 aromatic heterocycles. The van der Waals surface area contributed by atoms with Crippen molar-refractivity contribution >= 4 is 51.6 Å². The molecule has 12 heteroatoms. The Bertz CT molecular complexity index is 1520. The molecule has 1 aliphatic heterocycles. The van der Waals surface area contributed by atoms with E-state index in [-0.39, 0.29) is 31.7 Å². The Balaban J connectivity index is 1.88. The van der Waals surface area contributed by atoms with Crippen LogP contribution in [-0.2, 0) is 14.9 Å². The van der Waals surface area contributed by atoms with E-state index in [1.54, 1.807) is 0 Å². The zero-order chi connectivity index (χ0) is 30.1. The fraction of sp³-hybridized carbons (Fsp3) is 0.345. The quantitative estimate of drug-likeness (QED) is 0.277. The summed E-state index contributed by atoms with van der Waals surface area (Å²) in [5, 5.41) is 17.3. The van der Waals surface area contributed by atoms with Crippen molar-refractivity contribution in [3.05, 3.63) is 81.3 Å². The predicted molar refractivity (Wildman–Crippen MR) is 154 cm³/mol. The molecule has 0 aliphatic carbocycles. The summed E-state index contributed by atoms with van der Waals surface area (Å²) in [6, 6.07) is 11.6. The number of nitrogens with one attached hydrogen (secondary N) is 2. The van der Waals surface area contributed by atoms with Crippen molar-refractivity contribution in [3.63, 3.8) is 0 Å². The van der Waals surface area contributed by atoms with Gasteiger partial charge < -0.3 is 20.1 Å². The summed E-state index contributed by atoms with van der Waals surface area (Å²) in [6.07, 6.45) is -0.589. The Hall–Kier alpha value is -3.23. The number of ether oxygens (including phenoxy) is 2. The number of nitriles is 1. The third-order valence-electron chi connectivity index (χ3n) is 6.91. The molecule has 1 amide bonds. The molecule has 2 N–H and O–H groups in total. The molecule has 1 fully saturated rings. The highest BCUT2D eigenvalue weighted by molar-refractivity contribution is 7.18. The van der Waals surface area contributed by atoms with Crippen LogP contribution in [0.5, 0.6) is 5.06 Å². The van der Waals surface area contributed by atoms with E-state index in [1.807, 2.05) is 20.8 Å². The maximum absolute atomic E-state index is 15.7. The van der Waals surface area contributed by atoms with Gasteiger partial charge in [-0.3, -0.25) is 4.79 Å². The molecular weight excluding hydrogens is 595 g/mol. The van der Waals surface area contributed by atoms with Crippen molar-refractivity contribution in [2.24, 2.45) is 5.41 Å². The summed E-state index contributed by atoms with van der Waals surface area (Å²) < 4.78 is 40.9. The first-order valence-corrected chi connectivity index (χ1v) is 14.1. The van der Waals surface area contributed by atoms with E-state index in [9.17, 15) is 14.9 Å². The summed E-state index contributed by atoms with van der Waals surface area (Å²) in [4.78, 5) is 25.4. The van der Waals surface area contributed by atoms with E-state index < -0.39 is 47.1 Å². The average molecular weight is 623 g/mol. The van der Waals surface area contributed by atoms with Gasteiger partial charge in [-0.05, 0) is 47.7 Å². The van der Waals surface area contributed by atoms with Gasteiger partial charge in [0.05, 0.1) is 29.2 Å². The molecule has 3 aromatic rings. The van der Waals surface area contributed by atoms with Crippen LogP contribution in [0.25, 0.3) is 0 Å². The number of carbonyl (C=O) groups is 2. The lowest BCUT2D eigenvalue weighted by molar-refractivity contribution is -0.118. The molecule has 2 heterocycles. The predicted octanol–water partition coefficient (Wildman–Crippen LogP) is 7.44. The molecule has 7 nitrogen and oxygen atoms in total. The van der Waals surface area contributed by atoms with E-state index in [1.165, 1.54) is 49.6 Å². The van der Waals surface area contributed by atoms with Gasteiger partial charge >= 0.3 is 6.16 Å². The van der Waals surface area contributed by atoms with Crippen molar-refractivity contribution < 1.29 is 27.8 Å². The van der Waals surface area contributed by atoms with Gasteiger partial charge in [-0.15, -0.1) is 0 Å². The normalized spacial score (nSPS) is 22.2. The molecule has 0 saturated carbocycles. The minimum atomic E-state index is -1.75. The summed E-state index contributed by atoms with van der Waals surface area (Å²) in [6.45, 7) is 5.85. The molecule has 1 saturated heterocycles. The largest absolute Gasteiger partial charge is 0.514 e. The molecule has 1 aliphatic rings. The van der Waals surface area contributed by atoms with Crippen molar-refractivity contribution in [2.45, 2.75) is 50.6 Å². The minimum absolute atomic E-state index is 0.0154. The molecule has 0 radical (unpaired) electrons. The van der Waals surface area contributed by atoms with Crippen LogP contribution >= 0.6 is 34.5 Å². The number of carbonyl (C=O) groups excluding carboxylic acids is 2. The van der Waals surface area contributed by atoms with Crippen LogP contribution in [0.15, 0.2) is 48.5 Å². The maximum atomic E-state index is 15.7. The van der Waals surface area contributed by atoms with Gasteiger partial charge in [0, 0.05) is 22.5 Å². The molecule has 2 aromatic carbocycles. The highest BCUT2D eigenvalue weighted by Gasteiger charge is 2.61. The second kappa shape index (κ2) is 11.9. The Labute approximate surface area is 250 Å². The number of nitrogens with zero attached hydrogens (tertiary/aromatic N) is 1. The lowest BCUT2D eigenvalue weighted by atomic mass is 9.62. The highest BCUT2D eigenvalue weighted by Crippen LogP contribution is 2.53. The fourth-order valence-electron chi connectivity index (χ4n) is 5.32. The second-order valence-electron chi connectivity index (χ2n) is 10.9. The summed E-state index contributed by atoms with van der Waals surface area (Å²) >= 11 is 13.2. The first-order chi connectivity index (χ1) is 19.3. The third kappa shape index (κ3) is 6.19. The molecule has 4 atom stereocenters. The summed E-state index contributed by atoms with van der Waals surface area (Å²) in [5.41, 5.74) is -2.15. The lowest BCUT2D eigenvalue weighted by Gasteiger charge is -2.37. The second-order valence-corrected chi connectivity index (χ2v) is 12.7. The van der Waals surface area contributed by atoms with Gasteiger partial charge in [0.15, 0.2) is 5.06 Å². The molecule has 0 unspecified atom stereocenters. The number of anilines is 1. The van der Waals surface area contributed by atoms with Gasteiger partial charge in [-0.1, -0.05) is 73.5 Å². The van der Waals surface area contributed by atoms with Gasteiger partial charge in [-0.2, -0.15) is 5.26 Å². The van der Waals surface area contributed by atoms with Crippen LogP contribution in [-0.4, -0.2) is 31.3 Å². The lowest BCUT2D eigenvalue weighted by Crippen LogP contribution is -2.44. The molecule has 0 spiro atoms. The van der Waals surface area contributed by atoms with E-state index >= 15 is 8.78 Å². The van der Waals surface area contributed by atoms with Crippen LogP contribution in [0.1, 0.15) is 44.2 Å². The zero-order valence-corrected chi connectivity index (χ0v) is 24.9. The maximum Gasteiger partial charge on any atom is 0.514 e. The monoisotopic (exact) mass is 621 g/mol. The van der Waals surface area contributed by atoms with Crippen molar-refractivity contribution in [3.8, 4) is 11.1 Å². The first-order valence-electron chi connectivity index (χ1n) is 12.5. The van der Waals surface area contributed by atoms with E-state index in [0.29, 0.717) is 11.4 Å². The fourth-order valence-corrected chi connectivity index (χ4v) is 6.41. The molecule has 216 valence electrons. The van der Waals surface area contributed by atoms with E-state index in [2.05, 4.69) is 21.4 Å². The average Bonchev–Trinajstić information content (AvgIpc) is 3.46. The number of thiophene rings is 1. The van der Waals surface area contributed by atoms with Gasteiger partial charge in [0.2, 0.25) is 5.91 Å². The Morgan fingerprint density at radius 3 is 2.54 bits per heavy atom. The van der Waals surface area contributed by atoms with Crippen LogP contribution < -0.4 is 15.4 Å². The van der Waals surface area contributed by atoms with E-state index in [0.717, 1.165) is 17.4 Å². The Morgan fingerprint density at radius 1 is 1.17 bits per heavy atom. The summed E-state index contributed by atoms with van der Waals surface area (Å²) in [5.74, 6) is -3.38. The first kappa shape index (κ1) is 30.7. The van der Waals surface area contributed by atoms with Crippen molar-refractivity contribution in [1.29, 1.82) is 5.26 Å². The number of halogens is 4. The smallest absolute Gasteiger partial charge is 0.437 e. The Morgan fingerprint density at radius 2 is 1.90 bits per heavy atom. The summed E-state index contributed by atoms with van der Waals surface area (Å²) in [7, 11) is 1.17. The Kier molecular flexibility index (Phi) is 8.95. The standard InChI is InChI=1S/C29H27Cl2F2N3O4S/c1-28(2,3)13-20-29(14-34,17-9-8-15(30)12-19(17)32)23(16-6-5-7-18(31)24(16)33)25(35-20)26(37)36-21-10-11-22(41-21)40-27(38)39-4/h5-12,20,23,25,35H,13H2,1-4H3,(H,36,37)/t20-,23-,25+,29-/m0/s1. The van der Waals surface area contributed by atoms with Crippen LogP contribution in [0, 0.1) is 28.4 Å². The van der Waals surface area contributed by atoms with Gasteiger partial charge in [0.25, 0.3) is 0 Å². The van der Waals surface area contributed by atoms with Gasteiger partial charge in [-0.25, -0.2) is 13.6 Å². The van der Waals surface area contributed by atoms with E-state index in [4.69, 9.17) is 27.9 Å².